The van der Waals surface area contributed by atoms with Gasteiger partial charge in [0.2, 0.25) is 0 Å². The highest BCUT2D eigenvalue weighted by atomic mass is 31.3. The molecule has 0 aromatic rings. The van der Waals surface area contributed by atoms with Gasteiger partial charge in [-0.05, 0) is 0 Å². The van der Waals surface area contributed by atoms with Crippen molar-refractivity contribution in [3.05, 3.63) is 0 Å². The molecule has 0 radical (unpaired) electrons. The van der Waals surface area contributed by atoms with Crippen molar-refractivity contribution in [3.63, 3.8) is 0 Å². The van der Waals surface area contributed by atoms with E-state index in [9.17, 15) is 27.4 Å². The molecule has 1 saturated heterocycles. The fourth-order valence-corrected chi connectivity index (χ4v) is 7.55. The quantitative estimate of drug-likeness (QED) is 0.230. The third kappa shape index (κ3) is 13.6. The maximum atomic E-state index is 10.4. The lowest BCUT2D eigenvalue weighted by molar-refractivity contribution is 0.163. The van der Waals surface area contributed by atoms with Crippen LogP contribution < -0.4 is 0 Å². The molecule has 1 aliphatic heterocycles. The lowest BCUT2D eigenvalue weighted by Gasteiger charge is -2.23. The SMILES string of the molecule is O=P(O)(O)OP(=O)(O)OP(=O)(O)O.O=P1(O)OP(=O)(O)OP(=O)(O)O1. The standard InChI is InChI=1S/H5O10P3.H3O9P3/c1-11(2,3)9-13(7,8)10-12(4,5)6;1-10(2)7-11(3,4)9-12(5,6)8-10/h(H,7,8)(H2,1,2,3)(H2,4,5,6);(H,1,2)(H,3,4)(H,5,6). The third-order valence-corrected chi connectivity index (χ3v) is 9.34. The van der Waals surface area contributed by atoms with Gasteiger partial charge >= 0.3 is 46.9 Å². The molecule has 0 aromatic carbocycles. The molecule has 0 aliphatic carbocycles. The van der Waals surface area contributed by atoms with E-state index in [-0.39, 0.29) is 0 Å². The molecule has 0 unspecified atom stereocenters. The molecule has 1 heterocycles. The molecule has 0 aromatic heterocycles. The van der Waals surface area contributed by atoms with Gasteiger partial charge in [-0.1, -0.05) is 0 Å². The van der Waals surface area contributed by atoms with E-state index in [4.69, 9.17) is 39.1 Å². The van der Waals surface area contributed by atoms with Gasteiger partial charge in [0.1, 0.15) is 0 Å². The van der Waals surface area contributed by atoms with Crippen LogP contribution >= 0.6 is 46.9 Å². The zero-order valence-corrected chi connectivity index (χ0v) is 16.1. The van der Waals surface area contributed by atoms with E-state index in [1.807, 2.05) is 0 Å². The molecule has 1 aliphatic rings. The molecule has 25 heavy (non-hydrogen) atoms. The Morgan fingerprint density at radius 1 is 0.600 bits per heavy atom. The van der Waals surface area contributed by atoms with Crippen LogP contribution in [0.25, 0.3) is 0 Å². The van der Waals surface area contributed by atoms with Crippen LogP contribution in [0, 0.1) is 0 Å². The van der Waals surface area contributed by atoms with Crippen molar-refractivity contribution < 1.29 is 88.1 Å². The maximum absolute atomic E-state index is 10.4. The van der Waals surface area contributed by atoms with E-state index >= 15 is 0 Å². The van der Waals surface area contributed by atoms with Gasteiger partial charge in [-0.25, -0.2) is 27.4 Å². The highest BCUT2D eigenvalue weighted by molar-refractivity contribution is 7.74. The van der Waals surface area contributed by atoms with Gasteiger partial charge in [0.15, 0.2) is 0 Å². The molecule has 0 saturated carbocycles. The highest BCUT2D eigenvalue weighted by Crippen LogP contribution is 2.78. The minimum Gasteiger partial charge on any atom is -0.302 e. The summed E-state index contributed by atoms with van der Waals surface area (Å²) in [5.41, 5.74) is 0. The van der Waals surface area contributed by atoms with E-state index < -0.39 is 46.9 Å². The molecule has 0 amide bonds. The zero-order valence-electron chi connectivity index (χ0n) is 10.8. The van der Waals surface area contributed by atoms with E-state index in [1.54, 1.807) is 0 Å². The number of hydrogen-bond donors (Lipinski definition) is 8. The summed E-state index contributed by atoms with van der Waals surface area (Å²) in [7, 11) is -31.1. The summed E-state index contributed by atoms with van der Waals surface area (Å²) in [6.45, 7) is 0. The molecule has 8 N–H and O–H groups in total. The predicted octanol–water partition coefficient (Wildman–Crippen LogP) is -0.344. The summed E-state index contributed by atoms with van der Waals surface area (Å²) in [6, 6.07) is 0. The zero-order chi connectivity index (χ0) is 20.5. The Balaban J connectivity index is 0.000000462. The fraction of sp³-hybridized carbons (Fsp3) is 0. The number of hydrogen-bond acceptors (Lipinski definition) is 11. The molecule has 25 heteroatoms. The van der Waals surface area contributed by atoms with Crippen molar-refractivity contribution in [2.24, 2.45) is 0 Å². The van der Waals surface area contributed by atoms with Crippen LogP contribution in [0.2, 0.25) is 0 Å². The second-order valence-electron chi connectivity index (χ2n) is 3.26. The summed E-state index contributed by atoms with van der Waals surface area (Å²) in [5, 5.41) is 0. The van der Waals surface area contributed by atoms with Crippen molar-refractivity contribution in [2.45, 2.75) is 0 Å². The Morgan fingerprint density at radius 3 is 0.960 bits per heavy atom. The minimum atomic E-state index is -5.46. The summed E-state index contributed by atoms with van der Waals surface area (Å²) in [4.78, 5) is 65.4. The molecule has 0 spiro atoms. The summed E-state index contributed by atoms with van der Waals surface area (Å²) >= 11 is 0. The Hall–Kier alpha value is 0.860. The molecule has 1 fully saturated rings. The molecule has 19 nitrogen and oxygen atoms in total. The normalized spacial score (nSPS) is 34.1. The maximum Gasteiger partial charge on any atom is 0.490 e. The van der Waals surface area contributed by atoms with E-state index in [0.29, 0.717) is 0 Å². The fourth-order valence-electron chi connectivity index (χ4n) is 0.720. The summed E-state index contributed by atoms with van der Waals surface area (Å²) < 4.78 is 78.0. The van der Waals surface area contributed by atoms with Crippen LogP contribution in [0.3, 0.4) is 0 Å². The van der Waals surface area contributed by atoms with Crippen LogP contribution in [0.1, 0.15) is 0 Å². The Labute approximate surface area is 136 Å². The lowest BCUT2D eigenvalue weighted by atomic mass is 15.6. The highest BCUT2D eigenvalue weighted by Gasteiger charge is 2.52. The van der Waals surface area contributed by atoms with Crippen molar-refractivity contribution in [1.82, 2.24) is 0 Å². The van der Waals surface area contributed by atoms with Gasteiger partial charge in [-0.3, -0.25) is 0 Å². The van der Waals surface area contributed by atoms with Crippen LogP contribution in [-0.4, -0.2) is 39.1 Å². The van der Waals surface area contributed by atoms with Crippen LogP contribution in [-0.2, 0) is 48.9 Å². The number of rotatable bonds is 4. The van der Waals surface area contributed by atoms with Gasteiger partial charge in [-0.2, -0.15) is 21.6 Å². The molecular formula is H8O19P6. The first kappa shape index (κ1) is 25.9. The molecule has 152 valence electrons. The van der Waals surface area contributed by atoms with E-state index in [1.165, 1.54) is 0 Å². The minimum absolute atomic E-state index is 3.06. The first-order chi connectivity index (χ1) is 10.5. The van der Waals surface area contributed by atoms with E-state index in [0.717, 1.165) is 0 Å². The summed E-state index contributed by atoms with van der Waals surface area (Å²) in [5.74, 6) is 0. The molecular weight excluding hydrogens is 490 g/mol. The average Bonchev–Trinajstić information content (AvgIpc) is 1.97. The van der Waals surface area contributed by atoms with Gasteiger partial charge in [-0.15, -0.1) is 0 Å². The number of phosphoric acid groups is 6. The van der Waals surface area contributed by atoms with Gasteiger partial charge < -0.3 is 39.1 Å². The average molecular weight is 498 g/mol. The van der Waals surface area contributed by atoms with Gasteiger partial charge in [0.25, 0.3) is 0 Å². The van der Waals surface area contributed by atoms with Crippen molar-refractivity contribution in [3.8, 4) is 0 Å². The first-order valence-electron chi connectivity index (χ1n) is 4.52. The topological polar surface area (TPSA) is 310 Å². The van der Waals surface area contributed by atoms with Crippen LogP contribution in [0.4, 0.5) is 0 Å². The van der Waals surface area contributed by atoms with Crippen molar-refractivity contribution >= 4 is 46.9 Å². The van der Waals surface area contributed by atoms with Crippen molar-refractivity contribution in [1.29, 1.82) is 0 Å². The molecule has 1 rings (SSSR count). The molecule has 0 atom stereocenters. The Bertz CT molecular complexity index is 656. The van der Waals surface area contributed by atoms with E-state index in [2.05, 4.69) is 21.6 Å². The Morgan fingerprint density at radius 2 is 0.800 bits per heavy atom. The van der Waals surface area contributed by atoms with Gasteiger partial charge in [0.05, 0.1) is 0 Å². The van der Waals surface area contributed by atoms with Gasteiger partial charge in [0, 0.05) is 0 Å². The second kappa shape index (κ2) is 8.08. The van der Waals surface area contributed by atoms with Crippen LogP contribution in [0.5, 0.6) is 0 Å². The molecule has 0 bridgehead atoms. The van der Waals surface area contributed by atoms with Crippen molar-refractivity contribution in [2.75, 3.05) is 0 Å². The lowest BCUT2D eigenvalue weighted by Crippen LogP contribution is -2.02. The van der Waals surface area contributed by atoms with Crippen LogP contribution in [0.15, 0.2) is 0 Å². The summed E-state index contributed by atoms with van der Waals surface area (Å²) in [6.07, 6.45) is 0. The first-order valence-corrected chi connectivity index (χ1v) is 13.6. The Kier molecular flexibility index (Phi) is 8.35. The third-order valence-electron chi connectivity index (χ3n) is 1.04. The smallest absolute Gasteiger partial charge is 0.302 e. The predicted molar refractivity (Wildman–Crippen MR) is 68.8 cm³/mol. The monoisotopic (exact) mass is 498 g/mol. The largest absolute Gasteiger partial charge is 0.490 e. The second-order valence-corrected chi connectivity index (χ2v) is 12.2.